The Morgan fingerprint density at radius 2 is 2.00 bits per heavy atom. The van der Waals surface area contributed by atoms with Gasteiger partial charge in [0.2, 0.25) is 0 Å². The van der Waals surface area contributed by atoms with Crippen LogP contribution >= 0.6 is 0 Å². The lowest BCUT2D eigenvalue weighted by molar-refractivity contribution is 0.425. The van der Waals surface area contributed by atoms with E-state index in [0.29, 0.717) is 11.0 Å². The Morgan fingerprint density at radius 3 is 2.54 bits per heavy atom. The fraction of sp³-hybridized carbons (Fsp3) is 0.222. The summed E-state index contributed by atoms with van der Waals surface area (Å²) in [6, 6.07) is 8.87. The van der Waals surface area contributed by atoms with E-state index in [-0.39, 0.29) is 5.92 Å². The van der Waals surface area contributed by atoms with Gasteiger partial charge in [-0.2, -0.15) is 5.26 Å². The molecule has 0 bridgehead atoms. The highest BCUT2D eigenvalue weighted by molar-refractivity contribution is 6.59. The first-order valence-corrected chi connectivity index (χ1v) is 4.01. The molecule has 4 heteroatoms. The molecule has 1 rings (SSSR count). The van der Waals surface area contributed by atoms with Crippen LogP contribution in [0, 0.1) is 11.3 Å². The number of hydrogen-bond acceptors (Lipinski definition) is 3. The molecule has 1 aromatic rings. The zero-order valence-electron chi connectivity index (χ0n) is 7.31. The van der Waals surface area contributed by atoms with Crippen molar-refractivity contribution >= 4 is 12.6 Å². The van der Waals surface area contributed by atoms with Gasteiger partial charge in [0.15, 0.2) is 0 Å². The zero-order valence-corrected chi connectivity index (χ0v) is 7.31. The molecule has 0 aliphatic carbocycles. The maximum absolute atomic E-state index is 9.00. The van der Waals surface area contributed by atoms with Crippen molar-refractivity contribution in [2.45, 2.75) is 12.8 Å². The summed E-state index contributed by atoms with van der Waals surface area (Å²) in [5, 5.41) is 26.7. The molecule has 0 aliphatic heterocycles. The van der Waals surface area contributed by atoms with E-state index >= 15 is 0 Å². The van der Waals surface area contributed by atoms with Gasteiger partial charge in [-0.15, -0.1) is 0 Å². The molecule has 0 unspecified atom stereocenters. The van der Waals surface area contributed by atoms with E-state index in [0.717, 1.165) is 0 Å². The number of nitriles is 1. The third-order valence-electron chi connectivity index (χ3n) is 1.93. The number of nitrogens with zero attached hydrogens (tertiary/aromatic N) is 1. The molecule has 0 saturated heterocycles. The number of hydrogen-bond donors (Lipinski definition) is 2. The topological polar surface area (TPSA) is 64.2 Å². The average Bonchev–Trinajstić information content (AvgIpc) is 2.16. The molecule has 3 nitrogen and oxygen atoms in total. The van der Waals surface area contributed by atoms with Crippen molar-refractivity contribution < 1.29 is 10.0 Å². The Balaban J connectivity index is 3.13. The molecule has 0 aromatic heterocycles. The molecular weight excluding hydrogens is 165 g/mol. The van der Waals surface area contributed by atoms with Crippen LogP contribution in [0.4, 0.5) is 0 Å². The minimum Gasteiger partial charge on any atom is -0.423 e. The Kier molecular flexibility index (Phi) is 3.07. The Morgan fingerprint density at radius 1 is 1.38 bits per heavy atom. The van der Waals surface area contributed by atoms with Gasteiger partial charge in [0.05, 0.1) is 12.0 Å². The minimum absolute atomic E-state index is 0.321. The molecule has 1 atom stereocenters. The fourth-order valence-electron chi connectivity index (χ4n) is 1.21. The molecule has 66 valence electrons. The van der Waals surface area contributed by atoms with Crippen molar-refractivity contribution in [2.75, 3.05) is 0 Å². The van der Waals surface area contributed by atoms with Crippen LogP contribution in [0.3, 0.4) is 0 Å². The van der Waals surface area contributed by atoms with Crippen molar-refractivity contribution in [3.8, 4) is 6.07 Å². The maximum atomic E-state index is 9.00. The summed E-state index contributed by atoms with van der Waals surface area (Å²) < 4.78 is 0. The first-order valence-electron chi connectivity index (χ1n) is 4.01. The van der Waals surface area contributed by atoms with Crippen LogP contribution in [0.2, 0.25) is 0 Å². The van der Waals surface area contributed by atoms with Gasteiger partial charge in [0.25, 0.3) is 0 Å². The smallest absolute Gasteiger partial charge is 0.423 e. The largest absolute Gasteiger partial charge is 0.488 e. The minimum atomic E-state index is -1.51. The van der Waals surface area contributed by atoms with Crippen molar-refractivity contribution in [3.63, 3.8) is 0 Å². The van der Waals surface area contributed by atoms with Crippen molar-refractivity contribution in [3.05, 3.63) is 29.8 Å². The summed E-state index contributed by atoms with van der Waals surface area (Å²) in [7, 11) is -1.51. The standard InChI is InChI=1S/C9H10BNO2/c1-7(6-11)8-4-2-3-5-9(8)10(12)13/h2-5,7,12-13H,1H3/t7-/m0/s1. The molecule has 0 fully saturated rings. The summed E-state index contributed by atoms with van der Waals surface area (Å²) in [5.74, 6) is -0.321. The van der Waals surface area contributed by atoms with Gasteiger partial charge in [-0.1, -0.05) is 24.3 Å². The van der Waals surface area contributed by atoms with Gasteiger partial charge in [-0.05, 0) is 17.9 Å². The van der Waals surface area contributed by atoms with Gasteiger partial charge in [-0.25, -0.2) is 0 Å². The normalized spacial score (nSPS) is 11.8. The van der Waals surface area contributed by atoms with Gasteiger partial charge >= 0.3 is 7.12 Å². The maximum Gasteiger partial charge on any atom is 0.488 e. The molecule has 0 aliphatic rings. The van der Waals surface area contributed by atoms with Crippen molar-refractivity contribution in [2.24, 2.45) is 0 Å². The van der Waals surface area contributed by atoms with Crippen LogP contribution in [-0.2, 0) is 0 Å². The van der Waals surface area contributed by atoms with E-state index in [1.54, 1.807) is 31.2 Å². The molecule has 1 aromatic carbocycles. The lowest BCUT2D eigenvalue weighted by Gasteiger charge is -2.09. The van der Waals surface area contributed by atoms with Gasteiger partial charge in [0, 0.05) is 0 Å². The first-order chi connectivity index (χ1) is 6.16. The van der Waals surface area contributed by atoms with Crippen LogP contribution < -0.4 is 5.46 Å². The lowest BCUT2D eigenvalue weighted by Crippen LogP contribution is -2.33. The van der Waals surface area contributed by atoms with E-state index < -0.39 is 7.12 Å². The van der Waals surface area contributed by atoms with Gasteiger partial charge in [0.1, 0.15) is 0 Å². The predicted octanol–water partition coefficient (Wildman–Crippen LogP) is -0.00652. The third-order valence-corrected chi connectivity index (χ3v) is 1.93. The predicted molar refractivity (Wildman–Crippen MR) is 50.3 cm³/mol. The van der Waals surface area contributed by atoms with Crippen LogP contribution in [0.5, 0.6) is 0 Å². The summed E-state index contributed by atoms with van der Waals surface area (Å²) in [4.78, 5) is 0. The lowest BCUT2D eigenvalue weighted by atomic mass is 9.74. The van der Waals surface area contributed by atoms with Crippen LogP contribution in [0.15, 0.2) is 24.3 Å². The fourth-order valence-corrected chi connectivity index (χ4v) is 1.21. The summed E-state index contributed by atoms with van der Waals surface area (Å²) in [6.07, 6.45) is 0. The second-order valence-corrected chi connectivity index (χ2v) is 2.85. The summed E-state index contributed by atoms with van der Waals surface area (Å²) in [6.45, 7) is 1.72. The summed E-state index contributed by atoms with van der Waals surface area (Å²) >= 11 is 0. The highest BCUT2D eigenvalue weighted by atomic mass is 16.4. The number of benzene rings is 1. The second-order valence-electron chi connectivity index (χ2n) is 2.85. The SMILES string of the molecule is C[C@@H](C#N)c1ccccc1B(O)O. The quantitative estimate of drug-likeness (QED) is 0.621. The molecule has 13 heavy (non-hydrogen) atoms. The first kappa shape index (κ1) is 9.78. The molecule has 0 amide bonds. The van der Waals surface area contributed by atoms with E-state index in [9.17, 15) is 0 Å². The van der Waals surface area contributed by atoms with E-state index in [2.05, 4.69) is 6.07 Å². The van der Waals surface area contributed by atoms with Gasteiger partial charge in [-0.3, -0.25) is 0 Å². The monoisotopic (exact) mass is 175 g/mol. The zero-order chi connectivity index (χ0) is 9.84. The molecule has 0 saturated carbocycles. The molecule has 0 radical (unpaired) electrons. The Hall–Kier alpha value is -1.31. The van der Waals surface area contributed by atoms with Crippen molar-refractivity contribution in [1.29, 1.82) is 5.26 Å². The van der Waals surface area contributed by atoms with E-state index in [1.807, 2.05) is 0 Å². The molecule has 2 N–H and O–H groups in total. The van der Waals surface area contributed by atoms with Crippen molar-refractivity contribution in [1.82, 2.24) is 0 Å². The van der Waals surface area contributed by atoms with E-state index in [1.165, 1.54) is 0 Å². The molecule has 0 heterocycles. The highest BCUT2D eigenvalue weighted by Gasteiger charge is 2.18. The Labute approximate surface area is 77.4 Å². The number of rotatable bonds is 2. The Bertz CT molecular complexity index is 333. The van der Waals surface area contributed by atoms with Crippen LogP contribution in [0.25, 0.3) is 0 Å². The van der Waals surface area contributed by atoms with Crippen LogP contribution in [-0.4, -0.2) is 17.2 Å². The van der Waals surface area contributed by atoms with Crippen LogP contribution in [0.1, 0.15) is 18.4 Å². The average molecular weight is 175 g/mol. The summed E-state index contributed by atoms with van der Waals surface area (Å²) in [5.41, 5.74) is 1.07. The van der Waals surface area contributed by atoms with E-state index in [4.69, 9.17) is 15.3 Å². The van der Waals surface area contributed by atoms with Gasteiger partial charge < -0.3 is 10.0 Å². The third kappa shape index (κ3) is 2.08. The highest BCUT2D eigenvalue weighted by Crippen LogP contribution is 2.11. The second kappa shape index (κ2) is 4.08. The molecular formula is C9H10BNO2. The molecule has 0 spiro atoms.